The lowest BCUT2D eigenvalue weighted by molar-refractivity contribution is 0.0679. The highest BCUT2D eigenvalue weighted by molar-refractivity contribution is 8.01. The van der Waals surface area contributed by atoms with Crippen molar-refractivity contribution in [2.24, 2.45) is 0 Å². The lowest BCUT2D eigenvalue weighted by Crippen LogP contribution is -2.42. The fraction of sp³-hybridized carbons (Fsp3) is 0.400. The topological polar surface area (TPSA) is 20.2 Å². The van der Waals surface area contributed by atoms with Gasteiger partial charge in [0.2, 0.25) is 0 Å². The molecule has 1 aliphatic heterocycles. The van der Waals surface area contributed by atoms with Crippen molar-refractivity contribution >= 4 is 11.8 Å². The first-order valence-electron chi connectivity index (χ1n) is 4.09. The van der Waals surface area contributed by atoms with Crippen molar-refractivity contribution in [3.05, 3.63) is 35.9 Å². The van der Waals surface area contributed by atoms with Crippen LogP contribution in [0.3, 0.4) is 0 Å². The highest BCUT2D eigenvalue weighted by Crippen LogP contribution is 2.49. The van der Waals surface area contributed by atoms with E-state index in [9.17, 15) is 5.11 Å². The first kappa shape index (κ1) is 8.14. The fourth-order valence-corrected chi connectivity index (χ4v) is 2.66. The Kier molecular flexibility index (Phi) is 1.89. The van der Waals surface area contributed by atoms with E-state index in [2.05, 4.69) is 12.1 Å². The summed E-state index contributed by atoms with van der Waals surface area (Å²) in [4.78, 5) is 0. The maximum Gasteiger partial charge on any atom is 0.0868 e. The average Bonchev–Trinajstić information content (AvgIpc) is 2.05. The van der Waals surface area contributed by atoms with Crippen molar-refractivity contribution in [2.45, 2.75) is 17.8 Å². The molecule has 64 valence electrons. The summed E-state index contributed by atoms with van der Waals surface area (Å²) in [6.45, 7) is 1.90. The van der Waals surface area contributed by atoms with E-state index >= 15 is 0 Å². The van der Waals surface area contributed by atoms with Gasteiger partial charge in [0, 0.05) is 5.75 Å². The molecular weight excluding hydrogens is 168 g/mol. The van der Waals surface area contributed by atoms with E-state index in [-0.39, 0.29) is 5.25 Å². The molecule has 0 spiro atoms. The minimum atomic E-state index is -0.494. The van der Waals surface area contributed by atoms with Crippen LogP contribution in [-0.4, -0.2) is 16.5 Å². The van der Waals surface area contributed by atoms with Crippen LogP contribution in [0, 0.1) is 0 Å². The highest BCUT2D eigenvalue weighted by atomic mass is 32.2. The second-order valence-electron chi connectivity index (χ2n) is 3.46. The third-order valence-electron chi connectivity index (χ3n) is 2.21. The summed E-state index contributed by atoms with van der Waals surface area (Å²) in [6, 6.07) is 10.2. The van der Waals surface area contributed by atoms with Crippen LogP contribution in [0.15, 0.2) is 30.3 Å². The Hall–Kier alpha value is -0.470. The molecule has 1 N–H and O–H groups in total. The zero-order valence-corrected chi connectivity index (χ0v) is 7.84. The van der Waals surface area contributed by atoms with Gasteiger partial charge >= 0.3 is 0 Å². The van der Waals surface area contributed by atoms with Crippen molar-refractivity contribution in [2.75, 3.05) is 5.75 Å². The van der Waals surface area contributed by atoms with Gasteiger partial charge in [0.1, 0.15) is 0 Å². The number of hydrogen-bond donors (Lipinski definition) is 1. The van der Waals surface area contributed by atoms with Gasteiger partial charge in [-0.05, 0) is 12.5 Å². The Morgan fingerprint density at radius 2 is 2.08 bits per heavy atom. The second-order valence-corrected chi connectivity index (χ2v) is 4.55. The van der Waals surface area contributed by atoms with E-state index in [0.717, 1.165) is 5.75 Å². The molecule has 1 aromatic carbocycles. The number of rotatable bonds is 1. The number of aliphatic hydroxyl groups is 1. The zero-order chi connectivity index (χ0) is 8.60. The van der Waals surface area contributed by atoms with Gasteiger partial charge in [-0.2, -0.15) is 0 Å². The molecular formula is C10H12OS. The molecule has 1 nitrogen and oxygen atoms in total. The molecule has 2 rings (SSSR count). The van der Waals surface area contributed by atoms with Crippen molar-refractivity contribution < 1.29 is 5.11 Å². The second kappa shape index (κ2) is 2.79. The third-order valence-corrected chi connectivity index (χ3v) is 4.07. The minimum absolute atomic E-state index is 0.277. The standard InChI is InChI=1S/C10H12OS/c1-10(11)7-12-9(10)8-5-3-2-4-6-8/h2-6,9,11H,7H2,1H3/t9-,10+/m0/s1. The smallest absolute Gasteiger partial charge is 0.0868 e. The summed E-state index contributed by atoms with van der Waals surface area (Å²) in [5.41, 5.74) is 0.741. The van der Waals surface area contributed by atoms with E-state index in [1.165, 1.54) is 5.56 Å². The lowest BCUT2D eigenvalue weighted by Gasteiger charge is -2.42. The van der Waals surface area contributed by atoms with E-state index in [1.54, 1.807) is 0 Å². The summed E-state index contributed by atoms with van der Waals surface area (Å²) in [7, 11) is 0. The Bertz CT molecular complexity index is 268. The molecule has 1 saturated heterocycles. The van der Waals surface area contributed by atoms with Crippen LogP contribution >= 0.6 is 11.8 Å². The van der Waals surface area contributed by atoms with E-state index < -0.39 is 5.60 Å². The van der Waals surface area contributed by atoms with Gasteiger partial charge in [0.05, 0.1) is 10.9 Å². The van der Waals surface area contributed by atoms with Crippen molar-refractivity contribution in [1.29, 1.82) is 0 Å². The summed E-state index contributed by atoms with van der Waals surface area (Å²) in [6.07, 6.45) is 0. The average molecular weight is 180 g/mol. The van der Waals surface area contributed by atoms with Crippen molar-refractivity contribution in [3.63, 3.8) is 0 Å². The molecule has 0 unspecified atom stereocenters. The molecule has 0 radical (unpaired) electrons. The normalized spacial score (nSPS) is 34.3. The third kappa shape index (κ3) is 1.25. The first-order chi connectivity index (χ1) is 5.70. The molecule has 12 heavy (non-hydrogen) atoms. The fourth-order valence-electron chi connectivity index (χ4n) is 1.49. The molecule has 0 aromatic heterocycles. The van der Waals surface area contributed by atoms with Crippen LogP contribution < -0.4 is 0 Å². The molecule has 2 heteroatoms. The van der Waals surface area contributed by atoms with E-state index in [0.29, 0.717) is 0 Å². The first-order valence-corrected chi connectivity index (χ1v) is 5.14. The monoisotopic (exact) mass is 180 g/mol. The van der Waals surface area contributed by atoms with Crippen LogP contribution in [0.1, 0.15) is 17.7 Å². The minimum Gasteiger partial charge on any atom is -0.388 e. The van der Waals surface area contributed by atoms with Gasteiger partial charge in [0.15, 0.2) is 0 Å². The van der Waals surface area contributed by atoms with Crippen LogP contribution in [0.4, 0.5) is 0 Å². The maximum absolute atomic E-state index is 9.81. The quantitative estimate of drug-likeness (QED) is 0.715. The summed E-state index contributed by atoms with van der Waals surface area (Å²) in [5, 5.41) is 10.1. The maximum atomic E-state index is 9.81. The molecule has 0 aliphatic carbocycles. The Morgan fingerprint density at radius 3 is 2.50 bits per heavy atom. The van der Waals surface area contributed by atoms with Gasteiger partial charge in [-0.3, -0.25) is 0 Å². The highest BCUT2D eigenvalue weighted by Gasteiger charge is 2.42. The number of hydrogen-bond acceptors (Lipinski definition) is 2. The lowest BCUT2D eigenvalue weighted by atomic mass is 9.96. The molecule has 1 aliphatic rings. The SMILES string of the molecule is C[C@@]1(O)CS[C@H]1c1ccccc1. The summed E-state index contributed by atoms with van der Waals surface area (Å²) in [5.74, 6) is 0.854. The van der Waals surface area contributed by atoms with Crippen molar-refractivity contribution in [3.8, 4) is 0 Å². The zero-order valence-electron chi connectivity index (χ0n) is 7.03. The van der Waals surface area contributed by atoms with Crippen LogP contribution in [0.25, 0.3) is 0 Å². The molecule has 1 heterocycles. The summed E-state index contributed by atoms with van der Waals surface area (Å²) >= 11 is 1.82. The summed E-state index contributed by atoms with van der Waals surface area (Å²) < 4.78 is 0. The van der Waals surface area contributed by atoms with Gasteiger partial charge in [-0.1, -0.05) is 30.3 Å². The van der Waals surface area contributed by atoms with Gasteiger partial charge in [-0.15, -0.1) is 11.8 Å². The molecule has 2 atom stereocenters. The van der Waals surface area contributed by atoms with Crippen LogP contribution in [-0.2, 0) is 0 Å². The molecule has 1 aromatic rings. The van der Waals surface area contributed by atoms with Crippen LogP contribution in [0.5, 0.6) is 0 Å². The van der Waals surface area contributed by atoms with E-state index in [4.69, 9.17) is 0 Å². The molecule has 1 fully saturated rings. The van der Waals surface area contributed by atoms with Gasteiger partial charge in [-0.25, -0.2) is 0 Å². The van der Waals surface area contributed by atoms with E-state index in [1.807, 2.05) is 36.9 Å². The van der Waals surface area contributed by atoms with Gasteiger partial charge < -0.3 is 5.11 Å². The number of thioether (sulfide) groups is 1. The van der Waals surface area contributed by atoms with Crippen LogP contribution in [0.2, 0.25) is 0 Å². The number of benzene rings is 1. The molecule has 0 bridgehead atoms. The Balaban J connectivity index is 2.22. The molecule has 0 saturated carbocycles. The van der Waals surface area contributed by atoms with Crippen molar-refractivity contribution in [1.82, 2.24) is 0 Å². The largest absolute Gasteiger partial charge is 0.388 e. The Labute approximate surface area is 76.8 Å². The predicted molar refractivity (Wildman–Crippen MR) is 52.3 cm³/mol. The Morgan fingerprint density at radius 1 is 1.42 bits per heavy atom. The van der Waals surface area contributed by atoms with Gasteiger partial charge in [0.25, 0.3) is 0 Å². The molecule has 0 amide bonds. The predicted octanol–water partition coefficient (Wildman–Crippen LogP) is 2.23.